The van der Waals surface area contributed by atoms with Crippen molar-refractivity contribution in [2.75, 3.05) is 26.7 Å². The molecule has 1 aliphatic heterocycles. The van der Waals surface area contributed by atoms with Gasteiger partial charge in [-0.05, 0) is 19.3 Å². The fourth-order valence-electron chi connectivity index (χ4n) is 2.37. The first-order valence-corrected chi connectivity index (χ1v) is 6.86. The number of guanidine groups is 1. The first kappa shape index (κ1) is 18.8. The van der Waals surface area contributed by atoms with Crippen molar-refractivity contribution < 1.29 is 18.3 Å². The van der Waals surface area contributed by atoms with Crippen LogP contribution in [0.3, 0.4) is 0 Å². The number of rotatable bonds is 4. The third-order valence-electron chi connectivity index (χ3n) is 3.69. The summed E-state index contributed by atoms with van der Waals surface area (Å²) in [6.45, 7) is 1.32. The third-order valence-corrected chi connectivity index (χ3v) is 3.69. The van der Waals surface area contributed by atoms with E-state index in [9.17, 15) is 13.2 Å². The van der Waals surface area contributed by atoms with Gasteiger partial charge in [0, 0.05) is 32.2 Å². The molecule has 0 aromatic carbocycles. The molecule has 0 spiro atoms. The van der Waals surface area contributed by atoms with Crippen LogP contribution in [0.2, 0.25) is 0 Å². The monoisotopic (exact) mass is 422 g/mol. The number of nitrogens with zero attached hydrogens (tertiary/aromatic N) is 2. The molecule has 0 aromatic heterocycles. The van der Waals surface area contributed by atoms with Gasteiger partial charge in [-0.15, -0.1) is 24.0 Å². The van der Waals surface area contributed by atoms with E-state index in [1.807, 2.05) is 0 Å². The van der Waals surface area contributed by atoms with E-state index in [0.717, 1.165) is 19.5 Å². The summed E-state index contributed by atoms with van der Waals surface area (Å²) in [4.78, 5) is 6.29. The maximum atomic E-state index is 12.2. The Morgan fingerprint density at radius 3 is 2.57 bits per heavy atom. The Labute approximate surface area is 139 Å². The second kappa shape index (κ2) is 7.82. The Hall–Kier alpha value is -0.290. The van der Waals surface area contributed by atoms with E-state index in [0.29, 0.717) is 12.0 Å². The molecule has 124 valence electrons. The van der Waals surface area contributed by atoms with E-state index in [1.54, 1.807) is 0 Å². The van der Waals surface area contributed by atoms with Gasteiger partial charge in [-0.3, -0.25) is 9.89 Å². The van der Waals surface area contributed by atoms with Crippen molar-refractivity contribution in [2.24, 2.45) is 4.99 Å². The number of aliphatic hydroxyl groups is 1. The minimum atomic E-state index is -4.61. The van der Waals surface area contributed by atoms with Gasteiger partial charge in [0.25, 0.3) is 0 Å². The number of hydrogen-bond donors (Lipinski definition) is 3. The largest absolute Gasteiger partial charge is 0.416 e. The fourth-order valence-corrected chi connectivity index (χ4v) is 2.37. The zero-order valence-electron chi connectivity index (χ0n) is 11.9. The summed E-state index contributed by atoms with van der Waals surface area (Å²) < 4.78 is 36.6. The summed E-state index contributed by atoms with van der Waals surface area (Å²) in [5, 5.41) is 14.6. The molecule has 2 fully saturated rings. The van der Waals surface area contributed by atoms with Crippen molar-refractivity contribution in [2.45, 2.75) is 43.6 Å². The minimum Gasteiger partial charge on any atom is -0.382 e. The SMILES string of the molecule is CN=C(NCC(O)C(F)(F)F)NC1CCN(C2CC2)C1.I. The van der Waals surface area contributed by atoms with Crippen LogP contribution in [0.1, 0.15) is 19.3 Å². The van der Waals surface area contributed by atoms with Gasteiger partial charge >= 0.3 is 6.18 Å². The molecule has 0 radical (unpaired) electrons. The topological polar surface area (TPSA) is 59.9 Å². The van der Waals surface area contributed by atoms with Gasteiger partial charge in [0.05, 0.1) is 6.54 Å². The van der Waals surface area contributed by atoms with Gasteiger partial charge in [0.15, 0.2) is 12.1 Å². The molecule has 2 unspecified atom stereocenters. The molecule has 1 heterocycles. The summed E-state index contributed by atoms with van der Waals surface area (Å²) in [5.74, 6) is 0.302. The summed E-state index contributed by atoms with van der Waals surface area (Å²) >= 11 is 0. The minimum absolute atomic E-state index is 0. The second-order valence-corrected chi connectivity index (χ2v) is 5.37. The van der Waals surface area contributed by atoms with Crippen LogP contribution in [-0.2, 0) is 0 Å². The molecule has 1 saturated carbocycles. The number of alkyl halides is 3. The number of nitrogens with one attached hydrogen (secondary N) is 2. The first-order chi connectivity index (χ1) is 9.40. The lowest BCUT2D eigenvalue weighted by Crippen LogP contribution is -2.48. The van der Waals surface area contributed by atoms with Crippen molar-refractivity contribution in [1.82, 2.24) is 15.5 Å². The zero-order chi connectivity index (χ0) is 14.8. The Balaban J connectivity index is 0.00000220. The van der Waals surface area contributed by atoms with E-state index in [-0.39, 0.29) is 30.0 Å². The lowest BCUT2D eigenvalue weighted by atomic mass is 10.3. The molecular weight excluding hydrogens is 400 g/mol. The van der Waals surface area contributed by atoms with Crippen LogP contribution in [0, 0.1) is 0 Å². The van der Waals surface area contributed by atoms with Crippen LogP contribution >= 0.6 is 24.0 Å². The molecule has 21 heavy (non-hydrogen) atoms. The highest BCUT2D eigenvalue weighted by Gasteiger charge is 2.38. The molecule has 2 rings (SSSR count). The number of halogens is 4. The quantitative estimate of drug-likeness (QED) is 0.359. The van der Waals surface area contributed by atoms with Crippen molar-refractivity contribution in [3.8, 4) is 0 Å². The molecule has 5 nitrogen and oxygen atoms in total. The molecule has 1 saturated heterocycles. The van der Waals surface area contributed by atoms with Gasteiger partial charge in [-0.1, -0.05) is 0 Å². The van der Waals surface area contributed by atoms with E-state index in [2.05, 4.69) is 20.5 Å². The normalized spacial score (nSPS) is 25.4. The van der Waals surface area contributed by atoms with Crippen molar-refractivity contribution >= 4 is 29.9 Å². The number of likely N-dealkylation sites (tertiary alicyclic amines) is 1. The summed E-state index contributed by atoms with van der Waals surface area (Å²) in [5.41, 5.74) is 0. The molecule has 2 atom stereocenters. The average molecular weight is 422 g/mol. The third kappa shape index (κ3) is 5.78. The van der Waals surface area contributed by atoms with Crippen LogP contribution in [-0.4, -0.2) is 67.0 Å². The molecule has 0 amide bonds. The van der Waals surface area contributed by atoms with Crippen molar-refractivity contribution in [3.63, 3.8) is 0 Å². The van der Waals surface area contributed by atoms with Crippen LogP contribution in [0.15, 0.2) is 4.99 Å². The Morgan fingerprint density at radius 1 is 1.38 bits per heavy atom. The number of aliphatic hydroxyl groups excluding tert-OH is 1. The lowest BCUT2D eigenvalue weighted by Gasteiger charge is -2.20. The smallest absolute Gasteiger partial charge is 0.382 e. The van der Waals surface area contributed by atoms with Gasteiger partial charge in [-0.2, -0.15) is 13.2 Å². The predicted octanol–water partition coefficient (Wildman–Crippen LogP) is 0.929. The highest BCUT2D eigenvalue weighted by Crippen LogP contribution is 2.29. The highest BCUT2D eigenvalue weighted by molar-refractivity contribution is 14.0. The summed E-state index contributed by atoms with van der Waals surface area (Å²) in [6.07, 6.45) is -3.54. The summed E-state index contributed by atoms with van der Waals surface area (Å²) in [6, 6.07) is 0.897. The van der Waals surface area contributed by atoms with E-state index in [1.165, 1.54) is 19.9 Å². The molecule has 9 heteroatoms. The standard InChI is InChI=1S/C12H21F3N4O.HI/c1-16-11(17-6-10(20)12(13,14)15)18-8-4-5-19(7-8)9-2-3-9;/h8-10,20H,2-7H2,1H3,(H2,16,17,18);1H. The Kier molecular flexibility index (Phi) is 6.98. The maximum Gasteiger partial charge on any atom is 0.416 e. The van der Waals surface area contributed by atoms with Gasteiger partial charge < -0.3 is 15.7 Å². The highest BCUT2D eigenvalue weighted by atomic mass is 127. The molecule has 0 bridgehead atoms. The second-order valence-electron chi connectivity index (χ2n) is 5.37. The molecule has 1 aliphatic carbocycles. The number of aliphatic imine (C=N–C) groups is 1. The first-order valence-electron chi connectivity index (χ1n) is 6.86. The molecule has 3 N–H and O–H groups in total. The van der Waals surface area contributed by atoms with Crippen molar-refractivity contribution in [1.29, 1.82) is 0 Å². The molecule has 0 aromatic rings. The van der Waals surface area contributed by atoms with Gasteiger partial charge in [0.1, 0.15) is 0 Å². The predicted molar refractivity (Wildman–Crippen MR) is 85.0 cm³/mol. The maximum absolute atomic E-state index is 12.2. The van der Waals surface area contributed by atoms with Crippen molar-refractivity contribution in [3.05, 3.63) is 0 Å². The summed E-state index contributed by atoms with van der Waals surface area (Å²) in [7, 11) is 1.50. The average Bonchev–Trinajstić information content (AvgIpc) is 3.13. The molecule has 2 aliphatic rings. The fraction of sp³-hybridized carbons (Fsp3) is 0.917. The van der Waals surface area contributed by atoms with E-state index in [4.69, 9.17) is 5.11 Å². The Morgan fingerprint density at radius 2 is 2.05 bits per heavy atom. The van der Waals surface area contributed by atoms with E-state index < -0.39 is 18.8 Å². The van der Waals surface area contributed by atoms with Crippen LogP contribution in [0.5, 0.6) is 0 Å². The van der Waals surface area contributed by atoms with Gasteiger partial charge in [0.2, 0.25) is 0 Å². The van der Waals surface area contributed by atoms with Crippen LogP contribution < -0.4 is 10.6 Å². The van der Waals surface area contributed by atoms with Crippen LogP contribution in [0.4, 0.5) is 13.2 Å². The van der Waals surface area contributed by atoms with Gasteiger partial charge in [-0.25, -0.2) is 0 Å². The Bertz CT molecular complexity index is 363. The van der Waals surface area contributed by atoms with Crippen LogP contribution in [0.25, 0.3) is 0 Å². The number of hydrogen-bond acceptors (Lipinski definition) is 3. The lowest BCUT2D eigenvalue weighted by molar-refractivity contribution is -0.201. The van der Waals surface area contributed by atoms with E-state index >= 15 is 0 Å². The molecular formula is C12H22F3IN4O. The zero-order valence-corrected chi connectivity index (χ0v) is 14.2.